The van der Waals surface area contributed by atoms with Crippen molar-refractivity contribution in [2.24, 2.45) is 0 Å². The molecule has 1 saturated heterocycles. The van der Waals surface area contributed by atoms with Crippen molar-refractivity contribution in [2.75, 3.05) is 13.1 Å². The van der Waals surface area contributed by atoms with Crippen LogP contribution in [0.2, 0.25) is 0 Å². The smallest absolute Gasteiger partial charge is 0.264 e. The van der Waals surface area contributed by atoms with Crippen molar-refractivity contribution in [1.82, 2.24) is 24.9 Å². The Hall–Kier alpha value is -2.44. The molecule has 1 N–H and O–H groups in total. The van der Waals surface area contributed by atoms with Gasteiger partial charge in [0.1, 0.15) is 0 Å². The molecule has 0 spiro atoms. The maximum atomic E-state index is 12.5. The third-order valence-electron chi connectivity index (χ3n) is 3.71. The van der Waals surface area contributed by atoms with E-state index in [2.05, 4.69) is 15.3 Å². The quantitative estimate of drug-likeness (QED) is 0.903. The zero-order valence-electron chi connectivity index (χ0n) is 11.9. The zero-order valence-corrected chi connectivity index (χ0v) is 11.9. The van der Waals surface area contributed by atoms with Crippen LogP contribution < -0.4 is 5.56 Å². The van der Waals surface area contributed by atoms with Gasteiger partial charge in [-0.05, 0) is 25.3 Å². The molecule has 3 rings (SSSR count). The normalized spacial score (nSPS) is 14.6. The van der Waals surface area contributed by atoms with Crippen LogP contribution in [-0.4, -0.2) is 43.9 Å². The largest absolute Gasteiger partial charge is 0.339 e. The second-order valence-electron chi connectivity index (χ2n) is 5.05. The Labute approximate surface area is 121 Å². The summed E-state index contributed by atoms with van der Waals surface area (Å²) in [5, 5.41) is 10.6. The van der Waals surface area contributed by atoms with Gasteiger partial charge < -0.3 is 4.90 Å². The number of rotatable bonds is 3. The first-order valence-electron chi connectivity index (χ1n) is 7.13. The molecule has 2 aromatic heterocycles. The van der Waals surface area contributed by atoms with Crippen LogP contribution in [-0.2, 0) is 6.42 Å². The number of aromatic amines is 1. The van der Waals surface area contributed by atoms with Gasteiger partial charge in [0.05, 0.1) is 17.5 Å². The molecule has 2 aromatic rings. The molecule has 7 heteroatoms. The highest BCUT2D eigenvalue weighted by Crippen LogP contribution is 2.18. The standard InChI is InChI=1S/C14H17N5O2/c1-2-11-10(14(21)18-7-3-4-8-18)9-15-19(11)12-5-6-13(20)17-16-12/h5-6,9H,2-4,7-8H2,1H3,(H,17,20). The summed E-state index contributed by atoms with van der Waals surface area (Å²) in [5.41, 5.74) is 1.16. The number of hydrogen-bond acceptors (Lipinski definition) is 4. The molecule has 3 heterocycles. The number of likely N-dealkylation sites (tertiary alicyclic amines) is 1. The topological polar surface area (TPSA) is 83.9 Å². The van der Waals surface area contributed by atoms with E-state index in [9.17, 15) is 9.59 Å². The molecular weight excluding hydrogens is 270 g/mol. The molecule has 0 bridgehead atoms. The zero-order chi connectivity index (χ0) is 14.8. The first-order valence-corrected chi connectivity index (χ1v) is 7.13. The fraction of sp³-hybridized carbons (Fsp3) is 0.429. The van der Waals surface area contributed by atoms with Gasteiger partial charge in [0.25, 0.3) is 11.5 Å². The van der Waals surface area contributed by atoms with Gasteiger partial charge in [-0.15, -0.1) is 0 Å². The monoisotopic (exact) mass is 287 g/mol. The average Bonchev–Trinajstić information content (AvgIpc) is 3.16. The number of H-pyrrole nitrogens is 1. The minimum absolute atomic E-state index is 0.0278. The van der Waals surface area contributed by atoms with Crippen LogP contribution in [0.25, 0.3) is 5.82 Å². The third-order valence-corrected chi connectivity index (χ3v) is 3.71. The lowest BCUT2D eigenvalue weighted by atomic mass is 10.2. The Balaban J connectivity index is 1.98. The van der Waals surface area contributed by atoms with Gasteiger partial charge in [0.2, 0.25) is 0 Å². The Kier molecular flexibility index (Phi) is 3.55. The van der Waals surface area contributed by atoms with Gasteiger partial charge in [-0.1, -0.05) is 6.92 Å². The van der Waals surface area contributed by atoms with Crippen LogP contribution in [0.5, 0.6) is 0 Å². The number of hydrogen-bond donors (Lipinski definition) is 1. The first kappa shape index (κ1) is 13.5. The highest BCUT2D eigenvalue weighted by Gasteiger charge is 2.24. The molecule has 1 fully saturated rings. The molecule has 1 amide bonds. The summed E-state index contributed by atoms with van der Waals surface area (Å²) in [7, 11) is 0. The van der Waals surface area contributed by atoms with Crippen LogP contribution in [0, 0.1) is 0 Å². The molecule has 0 aliphatic carbocycles. The van der Waals surface area contributed by atoms with E-state index < -0.39 is 0 Å². The minimum Gasteiger partial charge on any atom is -0.339 e. The van der Waals surface area contributed by atoms with E-state index in [0.717, 1.165) is 31.6 Å². The lowest BCUT2D eigenvalue weighted by Gasteiger charge is -2.15. The number of carbonyl (C=O) groups is 1. The van der Waals surface area contributed by atoms with Crippen LogP contribution in [0.15, 0.2) is 23.1 Å². The summed E-state index contributed by atoms with van der Waals surface area (Å²) in [4.78, 5) is 25.5. The van der Waals surface area contributed by atoms with Crippen LogP contribution in [0.3, 0.4) is 0 Å². The van der Waals surface area contributed by atoms with E-state index in [4.69, 9.17) is 0 Å². The van der Waals surface area contributed by atoms with E-state index in [-0.39, 0.29) is 11.5 Å². The van der Waals surface area contributed by atoms with Crippen LogP contribution in [0.1, 0.15) is 35.8 Å². The highest BCUT2D eigenvalue weighted by atomic mass is 16.2. The highest BCUT2D eigenvalue weighted by molar-refractivity contribution is 5.95. The van der Waals surface area contributed by atoms with Crippen molar-refractivity contribution in [3.8, 4) is 5.82 Å². The molecule has 0 atom stereocenters. The summed E-state index contributed by atoms with van der Waals surface area (Å²) in [5.74, 6) is 0.534. The molecule has 0 radical (unpaired) electrons. The Morgan fingerprint density at radius 1 is 1.33 bits per heavy atom. The van der Waals surface area contributed by atoms with Crippen molar-refractivity contribution in [3.63, 3.8) is 0 Å². The lowest BCUT2D eigenvalue weighted by Crippen LogP contribution is -2.28. The number of nitrogens with zero attached hydrogens (tertiary/aromatic N) is 4. The van der Waals surface area contributed by atoms with E-state index in [1.54, 1.807) is 16.9 Å². The molecule has 0 saturated carbocycles. The number of carbonyl (C=O) groups excluding carboxylic acids is 1. The SMILES string of the molecule is CCc1c(C(=O)N2CCCC2)cnn1-c1ccc(=O)[nH]n1. The summed E-state index contributed by atoms with van der Waals surface area (Å²) in [6.07, 6.45) is 4.37. The predicted octanol–water partition coefficient (Wildman–Crippen LogP) is 0.754. The van der Waals surface area contributed by atoms with Crippen molar-refractivity contribution in [1.29, 1.82) is 0 Å². The Bertz CT molecular complexity index is 692. The molecule has 21 heavy (non-hydrogen) atoms. The maximum absolute atomic E-state index is 12.5. The Morgan fingerprint density at radius 3 is 2.71 bits per heavy atom. The fourth-order valence-corrected chi connectivity index (χ4v) is 2.64. The van der Waals surface area contributed by atoms with E-state index >= 15 is 0 Å². The minimum atomic E-state index is -0.266. The Morgan fingerprint density at radius 2 is 2.10 bits per heavy atom. The molecule has 7 nitrogen and oxygen atoms in total. The average molecular weight is 287 g/mol. The molecule has 0 unspecified atom stereocenters. The molecule has 1 aliphatic heterocycles. The molecule has 0 aromatic carbocycles. The van der Waals surface area contributed by atoms with E-state index in [1.807, 2.05) is 11.8 Å². The second-order valence-corrected chi connectivity index (χ2v) is 5.05. The van der Waals surface area contributed by atoms with Gasteiger partial charge in [-0.2, -0.15) is 10.2 Å². The van der Waals surface area contributed by atoms with Crippen LogP contribution >= 0.6 is 0 Å². The summed E-state index contributed by atoms with van der Waals surface area (Å²) in [6.45, 7) is 3.59. The predicted molar refractivity (Wildman–Crippen MR) is 76.5 cm³/mol. The molecular formula is C14H17N5O2. The summed E-state index contributed by atoms with van der Waals surface area (Å²) < 4.78 is 1.61. The number of amides is 1. The second kappa shape index (κ2) is 5.51. The van der Waals surface area contributed by atoms with Crippen molar-refractivity contribution >= 4 is 5.91 Å². The summed E-state index contributed by atoms with van der Waals surface area (Å²) >= 11 is 0. The fourth-order valence-electron chi connectivity index (χ4n) is 2.64. The van der Waals surface area contributed by atoms with Crippen LogP contribution in [0.4, 0.5) is 0 Å². The van der Waals surface area contributed by atoms with Gasteiger partial charge in [-0.25, -0.2) is 9.78 Å². The van der Waals surface area contributed by atoms with Crippen molar-refractivity contribution in [2.45, 2.75) is 26.2 Å². The maximum Gasteiger partial charge on any atom is 0.264 e. The number of aromatic nitrogens is 4. The van der Waals surface area contributed by atoms with Gasteiger partial charge >= 0.3 is 0 Å². The van der Waals surface area contributed by atoms with E-state index in [0.29, 0.717) is 17.8 Å². The van der Waals surface area contributed by atoms with E-state index in [1.165, 1.54) is 6.07 Å². The van der Waals surface area contributed by atoms with Gasteiger partial charge in [0, 0.05) is 19.2 Å². The van der Waals surface area contributed by atoms with Gasteiger partial charge in [-0.3, -0.25) is 9.59 Å². The van der Waals surface area contributed by atoms with Gasteiger partial charge in [0.15, 0.2) is 5.82 Å². The first-order chi connectivity index (χ1) is 10.2. The lowest BCUT2D eigenvalue weighted by molar-refractivity contribution is 0.0791. The summed E-state index contributed by atoms with van der Waals surface area (Å²) in [6, 6.07) is 2.99. The van der Waals surface area contributed by atoms with Crippen molar-refractivity contribution < 1.29 is 4.79 Å². The van der Waals surface area contributed by atoms with Crippen molar-refractivity contribution in [3.05, 3.63) is 39.9 Å². The molecule has 1 aliphatic rings. The number of nitrogens with one attached hydrogen (secondary N) is 1. The molecule has 110 valence electrons. The third kappa shape index (κ3) is 2.46.